The van der Waals surface area contributed by atoms with E-state index < -0.39 is 0 Å². The summed E-state index contributed by atoms with van der Waals surface area (Å²) in [5, 5.41) is 9.24. The van der Waals surface area contributed by atoms with Gasteiger partial charge in [-0.2, -0.15) is 0 Å². The third-order valence-electron chi connectivity index (χ3n) is 2.07. The molecular formula is C9H7Cl2N3O. The van der Waals surface area contributed by atoms with Crippen LogP contribution >= 0.6 is 23.2 Å². The predicted octanol–water partition coefficient (Wildman–Crippen LogP) is 2.65. The van der Waals surface area contributed by atoms with Crippen molar-refractivity contribution in [2.45, 2.75) is 6.92 Å². The fraction of sp³-hybridized carbons (Fsp3) is 0.222. The van der Waals surface area contributed by atoms with Crippen molar-refractivity contribution < 1.29 is 4.74 Å². The Bertz CT molecular complexity index is 530. The van der Waals surface area contributed by atoms with Crippen LogP contribution in [0.4, 0.5) is 0 Å². The van der Waals surface area contributed by atoms with E-state index in [-0.39, 0.29) is 10.3 Å². The molecule has 2 aromatic heterocycles. The summed E-state index contributed by atoms with van der Waals surface area (Å²) in [6.45, 7) is 1.82. The molecule has 0 aromatic carbocycles. The van der Waals surface area contributed by atoms with Gasteiger partial charge in [0.25, 0.3) is 0 Å². The van der Waals surface area contributed by atoms with Gasteiger partial charge in [-0.25, -0.2) is 0 Å². The first-order valence-electron chi connectivity index (χ1n) is 4.16. The summed E-state index contributed by atoms with van der Waals surface area (Å²) in [7, 11) is 1.55. The molecular weight excluding hydrogens is 237 g/mol. The highest BCUT2D eigenvalue weighted by Crippen LogP contribution is 2.34. The molecule has 0 aliphatic rings. The fourth-order valence-corrected chi connectivity index (χ4v) is 1.80. The predicted molar refractivity (Wildman–Crippen MR) is 58.6 cm³/mol. The van der Waals surface area contributed by atoms with Crippen molar-refractivity contribution in [3.8, 4) is 5.75 Å². The van der Waals surface area contributed by atoms with E-state index in [4.69, 9.17) is 27.9 Å². The van der Waals surface area contributed by atoms with E-state index in [9.17, 15) is 0 Å². The van der Waals surface area contributed by atoms with Crippen LogP contribution in [0, 0.1) is 6.92 Å². The highest BCUT2D eigenvalue weighted by molar-refractivity contribution is 6.38. The molecule has 0 unspecified atom stereocenters. The van der Waals surface area contributed by atoms with Gasteiger partial charge in [0.05, 0.1) is 18.2 Å². The molecule has 2 heterocycles. The molecule has 0 saturated carbocycles. The average Bonchev–Trinajstić information content (AvgIpc) is 2.23. The lowest BCUT2D eigenvalue weighted by Gasteiger charge is -2.08. The third-order valence-corrected chi connectivity index (χ3v) is 2.61. The average molecular weight is 244 g/mol. The number of methoxy groups -OCH3 is 1. The normalized spacial score (nSPS) is 10.7. The molecule has 2 rings (SSSR count). The van der Waals surface area contributed by atoms with Gasteiger partial charge in [-0.15, -0.1) is 10.2 Å². The molecule has 0 saturated heterocycles. The summed E-state index contributed by atoms with van der Waals surface area (Å²) in [5.74, 6) is 0.578. The summed E-state index contributed by atoms with van der Waals surface area (Å²) in [6.07, 6.45) is 1.61. The molecule has 0 aliphatic heterocycles. The van der Waals surface area contributed by atoms with Crippen LogP contribution in [0.25, 0.3) is 10.8 Å². The van der Waals surface area contributed by atoms with Crippen LogP contribution in [-0.4, -0.2) is 22.3 Å². The molecule has 78 valence electrons. The monoisotopic (exact) mass is 243 g/mol. The van der Waals surface area contributed by atoms with Crippen molar-refractivity contribution in [3.63, 3.8) is 0 Å². The van der Waals surface area contributed by atoms with Gasteiger partial charge in [-0.3, -0.25) is 4.98 Å². The number of nitrogens with zero attached hydrogens (tertiary/aromatic N) is 3. The number of pyridine rings is 1. The van der Waals surface area contributed by atoms with Crippen molar-refractivity contribution in [2.24, 2.45) is 0 Å². The molecule has 0 spiro atoms. The standard InChI is InChI=1S/C9H7Cl2N3O/c1-4-7(15-2)6-5(3-12-4)8(10)13-14-9(6)11/h3H,1-2H3. The van der Waals surface area contributed by atoms with Gasteiger partial charge in [-0.05, 0) is 6.92 Å². The number of hydrogen-bond donors (Lipinski definition) is 0. The highest BCUT2D eigenvalue weighted by atomic mass is 35.5. The van der Waals surface area contributed by atoms with Gasteiger partial charge in [0.2, 0.25) is 0 Å². The molecule has 0 atom stereocenters. The van der Waals surface area contributed by atoms with Crippen LogP contribution in [0.15, 0.2) is 6.20 Å². The SMILES string of the molecule is COc1c(C)ncc2c(Cl)nnc(Cl)c12. The number of rotatable bonds is 1. The fourth-order valence-electron chi connectivity index (χ4n) is 1.39. The first-order chi connectivity index (χ1) is 7.15. The van der Waals surface area contributed by atoms with Crippen molar-refractivity contribution in [1.29, 1.82) is 0 Å². The van der Waals surface area contributed by atoms with Gasteiger partial charge in [0.1, 0.15) is 0 Å². The summed E-state index contributed by atoms with van der Waals surface area (Å²) in [5.41, 5.74) is 0.732. The van der Waals surface area contributed by atoms with Crippen LogP contribution in [0.2, 0.25) is 10.3 Å². The number of ether oxygens (including phenoxy) is 1. The molecule has 0 N–H and O–H groups in total. The smallest absolute Gasteiger partial charge is 0.163 e. The quantitative estimate of drug-likeness (QED) is 0.773. The van der Waals surface area contributed by atoms with E-state index >= 15 is 0 Å². The molecule has 0 bridgehead atoms. The minimum Gasteiger partial charge on any atom is -0.494 e. The molecule has 15 heavy (non-hydrogen) atoms. The Balaban J connectivity index is 2.96. The number of fused-ring (bicyclic) bond motifs is 1. The number of aryl methyl sites for hydroxylation is 1. The lowest BCUT2D eigenvalue weighted by Crippen LogP contribution is -1.95. The van der Waals surface area contributed by atoms with Gasteiger partial charge in [-0.1, -0.05) is 23.2 Å². The molecule has 0 amide bonds. The minimum absolute atomic E-state index is 0.261. The molecule has 6 heteroatoms. The van der Waals surface area contributed by atoms with Crippen molar-refractivity contribution in [1.82, 2.24) is 15.2 Å². The number of hydrogen-bond acceptors (Lipinski definition) is 4. The van der Waals surface area contributed by atoms with Crippen LogP contribution in [-0.2, 0) is 0 Å². The maximum Gasteiger partial charge on any atom is 0.163 e. The topological polar surface area (TPSA) is 47.9 Å². The largest absolute Gasteiger partial charge is 0.494 e. The van der Waals surface area contributed by atoms with Gasteiger partial charge in [0.15, 0.2) is 16.1 Å². The van der Waals surface area contributed by atoms with Crippen LogP contribution in [0.3, 0.4) is 0 Å². The lowest BCUT2D eigenvalue weighted by atomic mass is 10.2. The maximum absolute atomic E-state index is 5.94. The zero-order valence-corrected chi connectivity index (χ0v) is 9.60. The van der Waals surface area contributed by atoms with Crippen molar-refractivity contribution in [3.05, 3.63) is 22.2 Å². The van der Waals surface area contributed by atoms with E-state index in [0.29, 0.717) is 16.5 Å². The second-order valence-corrected chi connectivity index (χ2v) is 3.66. The van der Waals surface area contributed by atoms with E-state index in [1.807, 2.05) is 6.92 Å². The van der Waals surface area contributed by atoms with Gasteiger partial charge >= 0.3 is 0 Å². The molecule has 0 radical (unpaired) electrons. The molecule has 0 aliphatic carbocycles. The second kappa shape index (κ2) is 3.79. The molecule has 0 fully saturated rings. The Morgan fingerprint density at radius 2 is 1.87 bits per heavy atom. The van der Waals surface area contributed by atoms with Crippen molar-refractivity contribution >= 4 is 34.0 Å². The second-order valence-electron chi connectivity index (χ2n) is 2.95. The summed E-state index contributed by atoms with van der Waals surface area (Å²) in [6, 6.07) is 0. The number of aromatic nitrogens is 3. The van der Waals surface area contributed by atoms with Crippen LogP contribution in [0.1, 0.15) is 5.69 Å². The summed E-state index contributed by atoms with van der Waals surface area (Å²) in [4.78, 5) is 4.14. The van der Waals surface area contributed by atoms with Crippen molar-refractivity contribution in [2.75, 3.05) is 7.11 Å². The summed E-state index contributed by atoms with van der Waals surface area (Å²) < 4.78 is 5.22. The lowest BCUT2D eigenvalue weighted by molar-refractivity contribution is 0.414. The Kier molecular flexibility index (Phi) is 2.63. The number of halogens is 2. The first kappa shape index (κ1) is 10.4. The first-order valence-corrected chi connectivity index (χ1v) is 4.91. The van der Waals surface area contributed by atoms with E-state index in [0.717, 1.165) is 5.69 Å². The zero-order valence-electron chi connectivity index (χ0n) is 8.08. The van der Waals surface area contributed by atoms with E-state index in [1.54, 1.807) is 13.3 Å². The van der Waals surface area contributed by atoms with Crippen LogP contribution in [0.5, 0.6) is 5.75 Å². The molecule has 2 aromatic rings. The highest BCUT2D eigenvalue weighted by Gasteiger charge is 2.14. The Morgan fingerprint density at radius 1 is 1.20 bits per heavy atom. The van der Waals surface area contributed by atoms with Crippen LogP contribution < -0.4 is 4.74 Å². The Morgan fingerprint density at radius 3 is 2.53 bits per heavy atom. The third kappa shape index (κ3) is 1.60. The van der Waals surface area contributed by atoms with Gasteiger partial charge < -0.3 is 4.74 Å². The maximum atomic E-state index is 5.94. The summed E-state index contributed by atoms with van der Waals surface area (Å²) >= 11 is 11.8. The molecule has 4 nitrogen and oxygen atoms in total. The van der Waals surface area contributed by atoms with E-state index in [1.165, 1.54) is 0 Å². The van der Waals surface area contributed by atoms with Gasteiger partial charge in [0, 0.05) is 11.6 Å². The Labute approximate surface area is 96.2 Å². The minimum atomic E-state index is 0.261. The van der Waals surface area contributed by atoms with E-state index in [2.05, 4.69) is 15.2 Å². The Hall–Kier alpha value is -1.13. The zero-order chi connectivity index (χ0) is 11.0.